The van der Waals surface area contributed by atoms with E-state index < -0.39 is 0 Å². The van der Waals surface area contributed by atoms with E-state index in [0.717, 1.165) is 24.1 Å². The number of halogens is 1. The Morgan fingerprint density at radius 3 is 2.56 bits per heavy atom. The van der Waals surface area contributed by atoms with Crippen molar-refractivity contribution < 1.29 is 4.42 Å². The van der Waals surface area contributed by atoms with Gasteiger partial charge in [0.1, 0.15) is 12.0 Å². The molecule has 3 rings (SSSR count). The molecule has 0 radical (unpaired) electrons. The number of hydrogen-bond acceptors (Lipinski definition) is 3. The van der Waals surface area contributed by atoms with Crippen LogP contribution in [0, 0.1) is 0 Å². The van der Waals surface area contributed by atoms with Crippen molar-refractivity contribution in [1.82, 2.24) is 4.98 Å². The molecule has 1 aromatic carbocycles. The Morgan fingerprint density at radius 2 is 1.94 bits per heavy atom. The maximum absolute atomic E-state index is 6.01. The second-order valence-corrected chi connectivity index (χ2v) is 4.64. The van der Waals surface area contributed by atoms with Gasteiger partial charge in [-0.15, -0.1) is 0 Å². The van der Waals surface area contributed by atoms with Gasteiger partial charge < -0.3 is 10.2 Å². The van der Waals surface area contributed by atoms with Crippen LogP contribution in [-0.4, -0.2) is 4.98 Å². The van der Waals surface area contributed by atoms with E-state index in [1.807, 2.05) is 24.3 Å². The van der Waals surface area contributed by atoms with Gasteiger partial charge >= 0.3 is 0 Å². The van der Waals surface area contributed by atoms with Gasteiger partial charge in [0.05, 0.1) is 5.54 Å². The fourth-order valence-corrected chi connectivity index (χ4v) is 1.73. The molecule has 2 aromatic rings. The van der Waals surface area contributed by atoms with E-state index in [1.54, 1.807) is 6.26 Å². The summed E-state index contributed by atoms with van der Waals surface area (Å²) in [6, 6.07) is 7.50. The van der Waals surface area contributed by atoms with Crippen LogP contribution >= 0.6 is 11.6 Å². The first-order valence-electron chi connectivity index (χ1n) is 5.18. The van der Waals surface area contributed by atoms with Gasteiger partial charge in [0, 0.05) is 10.6 Å². The van der Waals surface area contributed by atoms with Crippen LogP contribution in [0.3, 0.4) is 0 Å². The summed E-state index contributed by atoms with van der Waals surface area (Å²) in [5.41, 5.74) is 7.49. The van der Waals surface area contributed by atoms with E-state index in [0.29, 0.717) is 10.9 Å². The van der Waals surface area contributed by atoms with Gasteiger partial charge in [0.15, 0.2) is 0 Å². The third kappa shape index (κ3) is 1.62. The average molecular weight is 235 g/mol. The lowest BCUT2D eigenvalue weighted by Crippen LogP contribution is -2.18. The molecule has 2 N–H and O–H groups in total. The van der Waals surface area contributed by atoms with E-state index >= 15 is 0 Å². The first-order valence-corrected chi connectivity index (χ1v) is 5.56. The fraction of sp³-hybridized carbons (Fsp3) is 0.250. The van der Waals surface area contributed by atoms with E-state index in [4.69, 9.17) is 21.8 Å². The summed E-state index contributed by atoms with van der Waals surface area (Å²) in [4.78, 5) is 4.41. The predicted molar refractivity (Wildman–Crippen MR) is 62.0 cm³/mol. The number of hydrogen-bond donors (Lipinski definition) is 1. The number of nitrogens with zero attached hydrogens (tertiary/aromatic N) is 1. The van der Waals surface area contributed by atoms with Crippen LogP contribution in [0.15, 0.2) is 34.9 Å². The molecule has 0 saturated heterocycles. The molecular formula is C12H11ClN2O. The minimum atomic E-state index is -0.315. The van der Waals surface area contributed by atoms with Crippen LogP contribution in [0.4, 0.5) is 0 Å². The summed E-state index contributed by atoms with van der Waals surface area (Å²) in [5.74, 6) is 0.637. The molecule has 3 nitrogen and oxygen atoms in total. The molecule has 1 aliphatic rings. The number of rotatable bonds is 2. The molecule has 4 heteroatoms. The van der Waals surface area contributed by atoms with Gasteiger partial charge in [0.25, 0.3) is 0 Å². The Labute approximate surface area is 98.2 Å². The molecule has 1 aromatic heterocycles. The third-order valence-corrected chi connectivity index (χ3v) is 3.11. The maximum Gasteiger partial charge on any atom is 0.214 e. The molecule has 82 valence electrons. The van der Waals surface area contributed by atoms with Gasteiger partial charge in [-0.25, -0.2) is 4.98 Å². The Bertz CT molecular complexity index is 514. The largest absolute Gasteiger partial charge is 0.446 e. The highest BCUT2D eigenvalue weighted by atomic mass is 35.5. The first-order chi connectivity index (χ1) is 7.67. The summed E-state index contributed by atoms with van der Waals surface area (Å²) >= 11 is 5.82. The zero-order valence-electron chi connectivity index (χ0n) is 8.61. The van der Waals surface area contributed by atoms with Crippen LogP contribution in [0.1, 0.15) is 18.7 Å². The van der Waals surface area contributed by atoms with Crippen molar-refractivity contribution >= 4 is 11.6 Å². The Balaban J connectivity index is 1.95. The number of aromatic nitrogens is 1. The monoisotopic (exact) mass is 234 g/mol. The number of benzene rings is 1. The second-order valence-electron chi connectivity index (χ2n) is 4.20. The highest BCUT2D eigenvalue weighted by Gasteiger charge is 2.44. The zero-order chi connectivity index (χ0) is 11.2. The minimum Gasteiger partial charge on any atom is -0.446 e. The molecule has 1 heterocycles. The normalized spacial score (nSPS) is 17.4. The van der Waals surface area contributed by atoms with Crippen molar-refractivity contribution in [1.29, 1.82) is 0 Å². The van der Waals surface area contributed by atoms with Gasteiger partial charge in [-0.1, -0.05) is 23.7 Å². The number of nitrogens with two attached hydrogens (primary N) is 1. The van der Waals surface area contributed by atoms with Crippen molar-refractivity contribution in [3.05, 3.63) is 41.4 Å². The Kier molecular flexibility index (Phi) is 2.06. The van der Waals surface area contributed by atoms with Crippen LogP contribution in [-0.2, 0) is 5.54 Å². The van der Waals surface area contributed by atoms with Gasteiger partial charge in [-0.3, -0.25) is 0 Å². The van der Waals surface area contributed by atoms with Crippen molar-refractivity contribution in [2.24, 2.45) is 5.73 Å². The molecule has 1 fully saturated rings. The lowest BCUT2D eigenvalue weighted by Gasteiger charge is -2.00. The highest BCUT2D eigenvalue weighted by molar-refractivity contribution is 6.30. The second kappa shape index (κ2) is 3.34. The predicted octanol–water partition coefficient (Wildman–Crippen LogP) is 2.94. The van der Waals surface area contributed by atoms with Crippen molar-refractivity contribution in [2.75, 3.05) is 0 Å². The lowest BCUT2D eigenvalue weighted by molar-refractivity contribution is 0.440. The summed E-state index contributed by atoms with van der Waals surface area (Å²) in [5, 5.41) is 0.713. The van der Waals surface area contributed by atoms with E-state index in [9.17, 15) is 0 Å². The fourth-order valence-electron chi connectivity index (χ4n) is 1.60. The molecule has 1 aliphatic carbocycles. The lowest BCUT2D eigenvalue weighted by atomic mass is 10.2. The van der Waals surface area contributed by atoms with E-state index in [1.165, 1.54) is 0 Å². The molecule has 0 aliphatic heterocycles. The third-order valence-electron chi connectivity index (χ3n) is 2.86. The quantitative estimate of drug-likeness (QED) is 0.869. The highest BCUT2D eigenvalue weighted by Crippen LogP contribution is 2.42. The first kappa shape index (κ1) is 9.87. The summed E-state index contributed by atoms with van der Waals surface area (Å²) < 4.78 is 5.41. The van der Waals surface area contributed by atoms with Crippen molar-refractivity contribution in [3.63, 3.8) is 0 Å². The standard InChI is InChI=1S/C12H11ClN2O/c13-9-3-1-8(2-4-9)10-7-16-11(15-10)12(14)5-6-12/h1-4,7H,5-6,14H2. The van der Waals surface area contributed by atoms with E-state index in [-0.39, 0.29) is 5.54 Å². The molecule has 0 atom stereocenters. The van der Waals surface area contributed by atoms with Crippen LogP contribution in [0.2, 0.25) is 5.02 Å². The number of oxazole rings is 1. The molecule has 0 unspecified atom stereocenters. The average Bonchev–Trinajstić information content (AvgIpc) is 2.84. The SMILES string of the molecule is NC1(c2nc(-c3ccc(Cl)cc3)co2)CC1. The van der Waals surface area contributed by atoms with Crippen LogP contribution in [0.25, 0.3) is 11.3 Å². The molecule has 16 heavy (non-hydrogen) atoms. The van der Waals surface area contributed by atoms with Crippen molar-refractivity contribution in [3.8, 4) is 11.3 Å². The Morgan fingerprint density at radius 1 is 1.25 bits per heavy atom. The molecule has 0 amide bonds. The maximum atomic E-state index is 6.01. The van der Waals surface area contributed by atoms with E-state index in [2.05, 4.69) is 4.98 Å². The minimum absolute atomic E-state index is 0.315. The summed E-state index contributed by atoms with van der Waals surface area (Å²) in [6.07, 6.45) is 3.55. The summed E-state index contributed by atoms with van der Waals surface area (Å²) in [7, 11) is 0. The molecule has 0 spiro atoms. The van der Waals surface area contributed by atoms with Crippen LogP contribution in [0.5, 0.6) is 0 Å². The zero-order valence-corrected chi connectivity index (χ0v) is 9.37. The van der Waals surface area contributed by atoms with Gasteiger partial charge in [-0.2, -0.15) is 0 Å². The van der Waals surface area contributed by atoms with Gasteiger partial charge in [0.2, 0.25) is 5.89 Å². The topological polar surface area (TPSA) is 52.0 Å². The Hall–Kier alpha value is -1.32. The smallest absolute Gasteiger partial charge is 0.214 e. The molecular weight excluding hydrogens is 224 g/mol. The molecule has 0 bridgehead atoms. The summed E-state index contributed by atoms with van der Waals surface area (Å²) in [6.45, 7) is 0. The van der Waals surface area contributed by atoms with Crippen molar-refractivity contribution in [2.45, 2.75) is 18.4 Å². The molecule has 1 saturated carbocycles. The van der Waals surface area contributed by atoms with Gasteiger partial charge in [-0.05, 0) is 25.0 Å². The van der Waals surface area contributed by atoms with Crippen LogP contribution < -0.4 is 5.73 Å².